The molecule has 2 saturated heterocycles. The maximum atomic E-state index is 13.0. The molecular weight excluding hydrogens is 402 g/mol. The van der Waals surface area contributed by atoms with Crippen LogP contribution in [-0.4, -0.2) is 83.5 Å². The third kappa shape index (κ3) is 5.59. The molecule has 166 valence electrons. The van der Waals surface area contributed by atoms with Gasteiger partial charge in [-0.1, -0.05) is 0 Å². The fraction of sp³-hybridized carbons (Fsp3) is 0.476. The van der Waals surface area contributed by atoms with Gasteiger partial charge in [-0.2, -0.15) is 0 Å². The number of likely N-dealkylation sites (tertiary alicyclic amines) is 1. The molecule has 0 spiro atoms. The van der Waals surface area contributed by atoms with Crippen molar-refractivity contribution in [3.63, 3.8) is 0 Å². The van der Waals surface area contributed by atoms with Crippen molar-refractivity contribution in [2.45, 2.75) is 26.7 Å². The van der Waals surface area contributed by atoms with E-state index in [0.717, 1.165) is 12.8 Å². The second-order valence-corrected chi connectivity index (χ2v) is 7.75. The molecule has 0 radical (unpaired) electrons. The number of hydrogen-bond donors (Lipinski definition) is 2. The second kappa shape index (κ2) is 9.59. The van der Waals surface area contributed by atoms with E-state index in [1.54, 1.807) is 28.0 Å². The van der Waals surface area contributed by atoms with Crippen LogP contribution in [0, 0.1) is 0 Å². The van der Waals surface area contributed by atoms with Gasteiger partial charge in [0.2, 0.25) is 11.8 Å². The lowest BCUT2D eigenvalue weighted by Gasteiger charge is -2.35. The molecule has 10 nitrogen and oxygen atoms in total. The van der Waals surface area contributed by atoms with Gasteiger partial charge in [-0.3, -0.25) is 24.0 Å². The van der Waals surface area contributed by atoms with Gasteiger partial charge in [-0.15, -0.1) is 0 Å². The number of nitrogens with one attached hydrogen (secondary N) is 2. The summed E-state index contributed by atoms with van der Waals surface area (Å²) in [5, 5.41) is 5.24. The van der Waals surface area contributed by atoms with Crippen LogP contribution in [0.25, 0.3) is 0 Å². The van der Waals surface area contributed by atoms with E-state index in [0.29, 0.717) is 30.0 Å². The lowest BCUT2D eigenvalue weighted by atomic mass is 10.1. The van der Waals surface area contributed by atoms with Gasteiger partial charge in [0.1, 0.15) is 0 Å². The Balaban J connectivity index is 1.66. The fourth-order valence-electron chi connectivity index (χ4n) is 3.79. The van der Waals surface area contributed by atoms with Crippen LogP contribution in [0.2, 0.25) is 0 Å². The van der Waals surface area contributed by atoms with E-state index in [1.807, 2.05) is 0 Å². The monoisotopic (exact) mass is 429 g/mol. The van der Waals surface area contributed by atoms with E-state index >= 15 is 0 Å². The lowest BCUT2D eigenvalue weighted by Crippen LogP contribution is -2.54. The Morgan fingerprint density at radius 1 is 0.645 bits per heavy atom. The van der Waals surface area contributed by atoms with Crippen LogP contribution in [0.1, 0.15) is 37.0 Å². The average molecular weight is 429 g/mol. The molecule has 0 unspecified atom stereocenters. The summed E-state index contributed by atoms with van der Waals surface area (Å²) >= 11 is 0. The highest BCUT2D eigenvalue weighted by atomic mass is 16.2. The number of piperazine rings is 1. The Bertz CT molecular complexity index is 867. The van der Waals surface area contributed by atoms with Gasteiger partial charge in [-0.25, -0.2) is 0 Å². The van der Waals surface area contributed by atoms with Crippen LogP contribution >= 0.6 is 0 Å². The van der Waals surface area contributed by atoms with Crippen LogP contribution in [0.15, 0.2) is 18.2 Å². The molecule has 31 heavy (non-hydrogen) atoms. The average Bonchev–Trinajstić information content (AvgIpc) is 3.26. The molecule has 0 aliphatic carbocycles. The smallest absolute Gasteiger partial charge is 0.312 e. The third-order valence-electron chi connectivity index (χ3n) is 5.25. The molecular formula is C21H27N5O5. The molecule has 2 fully saturated rings. The normalized spacial score (nSPS) is 16.1. The Labute approximate surface area is 180 Å². The fourth-order valence-corrected chi connectivity index (χ4v) is 3.79. The molecule has 5 amide bonds. The zero-order valence-corrected chi connectivity index (χ0v) is 17.8. The molecule has 0 saturated carbocycles. The van der Waals surface area contributed by atoms with Crippen molar-refractivity contribution in [2.24, 2.45) is 0 Å². The maximum absolute atomic E-state index is 13.0. The third-order valence-corrected chi connectivity index (χ3v) is 5.25. The minimum Gasteiger partial charge on any atom is -0.335 e. The highest BCUT2D eigenvalue weighted by Crippen LogP contribution is 2.21. The maximum Gasteiger partial charge on any atom is 0.312 e. The van der Waals surface area contributed by atoms with Crippen LogP contribution in [-0.2, 0) is 19.2 Å². The zero-order chi connectivity index (χ0) is 22.5. The number of carbonyl (C=O) groups excluding carboxylic acids is 5. The Morgan fingerprint density at radius 2 is 1.06 bits per heavy atom. The second-order valence-electron chi connectivity index (χ2n) is 7.75. The predicted molar refractivity (Wildman–Crippen MR) is 113 cm³/mol. The molecule has 10 heteroatoms. The molecule has 2 heterocycles. The van der Waals surface area contributed by atoms with E-state index in [9.17, 15) is 24.0 Å². The van der Waals surface area contributed by atoms with Crippen LogP contribution in [0.5, 0.6) is 0 Å². The van der Waals surface area contributed by atoms with Crippen LogP contribution < -0.4 is 10.6 Å². The summed E-state index contributed by atoms with van der Waals surface area (Å²) in [7, 11) is 0. The molecule has 1 aromatic carbocycles. The zero-order valence-electron chi connectivity index (χ0n) is 17.8. The van der Waals surface area contributed by atoms with E-state index in [1.165, 1.54) is 18.7 Å². The topological polar surface area (TPSA) is 119 Å². The van der Waals surface area contributed by atoms with Crippen molar-refractivity contribution in [3.8, 4) is 0 Å². The van der Waals surface area contributed by atoms with Gasteiger partial charge in [-0.05, 0) is 31.0 Å². The number of anilines is 2. The molecule has 0 atom stereocenters. The summed E-state index contributed by atoms with van der Waals surface area (Å²) in [5.74, 6) is -1.87. The minimum atomic E-state index is -0.519. The number of hydrogen-bond acceptors (Lipinski definition) is 5. The predicted octanol–water partition coefficient (Wildman–Crippen LogP) is 0.510. The molecule has 2 aliphatic heterocycles. The first kappa shape index (κ1) is 22.3. The summed E-state index contributed by atoms with van der Waals surface area (Å²) in [6.07, 6.45) is 1.83. The van der Waals surface area contributed by atoms with Gasteiger partial charge in [0.05, 0.1) is 0 Å². The Morgan fingerprint density at radius 3 is 1.52 bits per heavy atom. The van der Waals surface area contributed by atoms with Gasteiger partial charge in [0, 0.05) is 70.1 Å². The van der Waals surface area contributed by atoms with E-state index in [4.69, 9.17) is 0 Å². The highest BCUT2D eigenvalue weighted by molar-refractivity contribution is 6.35. The summed E-state index contributed by atoms with van der Waals surface area (Å²) < 4.78 is 0. The van der Waals surface area contributed by atoms with Gasteiger partial charge < -0.3 is 25.3 Å². The molecule has 1 aromatic rings. The minimum absolute atomic E-state index is 0.272. The van der Waals surface area contributed by atoms with Crippen molar-refractivity contribution >= 4 is 40.9 Å². The van der Waals surface area contributed by atoms with Crippen molar-refractivity contribution in [2.75, 3.05) is 49.9 Å². The number of benzene rings is 1. The lowest BCUT2D eigenvalue weighted by molar-refractivity contribution is -0.152. The summed E-state index contributed by atoms with van der Waals surface area (Å²) in [6, 6.07) is 4.66. The number of nitrogens with zero attached hydrogens (tertiary/aromatic N) is 3. The quantitative estimate of drug-likeness (QED) is 0.679. The molecule has 3 rings (SSSR count). The Kier molecular flexibility index (Phi) is 6.88. The number of rotatable bonds is 3. The van der Waals surface area contributed by atoms with Crippen molar-refractivity contribution in [1.29, 1.82) is 0 Å². The first-order chi connectivity index (χ1) is 14.7. The molecule has 2 aliphatic rings. The van der Waals surface area contributed by atoms with Crippen molar-refractivity contribution in [1.82, 2.24) is 14.7 Å². The SMILES string of the molecule is CC(=O)Nc1cc(NC(C)=O)cc(C(=O)N2CCN(C(=O)C(=O)N3CCCC3)CC2)c1. The standard InChI is InChI=1S/C21H27N5O5/c1-14(27)22-17-11-16(12-18(13-17)23-15(2)28)19(29)25-7-9-26(10-8-25)21(31)20(30)24-5-3-4-6-24/h11-13H,3-10H2,1-2H3,(H,22,27)(H,23,28). The van der Waals surface area contributed by atoms with Crippen molar-refractivity contribution in [3.05, 3.63) is 23.8 Å². The van der Waals surface area contributed by atoms with Crippen molar-refractivity contribution < 1.29 is 24.0 Å². The number of carbonyl (C=O) groups is 5. The van der Waals surface area contributed by atoms with Crippen LogP contribution in [0.3, 0.4) is 0 Å². The van der Waals surface area contributed by atoms with Gasteiger partial charge in [0.15, 0.2) is 0 Å². The first-order valence-electron chi connectivity index (χ1n) is 10.3. The van der Waals surface area contributed by atoms with E-state index in [-0.39, 0.29) is 43.9 Å². The number of amides is 5. The van der Waals surface area contributed by atoms with E-state index < -0.39 is 11.8 Å². The van der Waals surface area contributed by atoms with E-state index in [2.05, 4.69) is 10.6 Å². The summed E-state index contributed by atoms with van der Waals surface area (Å²) in [6.45, 7) is 5.06. The molecule has 2 N–H and O–H groups in total. The highest BCUT2D eigenvalue weighted by Gasteiger charge is 2.32. The summed E-state index contributed by atoms with van der Waals surface area (Å²) in [4.78, 5) is 65.3. The first-order valence-corrected chi connectivity index (χ1v) is 10.3. The Hall–Kier alpha value is -3.43. The van der Waals surface area contributed by atoms with Gasteiger partial charge >= 0.3 is 11.8 Å². The van der Waals surface area contributed by atoms with Gasteiger partial charge in [0.25, 0.3) is 5.91 Å². The molecule has 0 bridgehead atoms. The molecule has 0 aromatic heterocycles. The largest absolute Gasteiger partial charge is 0.335 e. The van der Waals surface area contributed by atoms with Crippen LogP contribution in [0.4, 0.5) is 11.4 Å². The summed E-state index contributed by atoms with van der Waals surface area (Å²) in [5.41, 5.74) is 1.10.